The number of benzene rings is 3. The molecule has 150 valence electrons. The van der Waals surface area contributed by atoms with E-state index in [1.807, 2.05) is 71.6 Å². The van der Waals surface area contributed by atoms with Crippen LogP contribution >= 0.6 is 23.2 Å². The van der Waals surface area contributed by atoms with E-state index in [-0.39, 0.29) is 5.57 Å². The summed E-state index contributed by atoms with van der Waals surface area (Å²) in [5.41, 5.74) is 2.61. The molecule has 3 rings (SSSR count). The highest BCUT2D eigenvalue weighted by atomic mass is 35.5. The first kappa shape index (κ1) is 21.4. The first-order chi connectivity index (χ1) is 14.5. The predicted octanol–water partition coefficient (Wildman–Crippen LogP) is 6.04. The van der Waals surface area contributed by atoms with E-state index in [1.165, 1.54) is 0 Å². The van der Waals surface area contributed by atoms with Crippen LogP contribution in [0.25, 0.3) is 0 Å². The van der Waals surface area contributed by atoms with Crippen LogP contribution in [0.4, 0.5) is 5.69 Å². The zero-order valence-electron chi connectivity index (χ0n) is 16.1. The standard InChI is InChI=1S/C24H19Cl2N3O/c25-22-12-11-21(13-23(22)26)28-24(30)20(14-27)17-29(15-18-7-3-1-4-8-18)16-19-9-5-2-6-10-19/h1-13,17H,15-16H2,(H,28,30)/b20-17-. The first-order valence-corrected chi connectivity index (χ1v) is 10.0. The zero-order valence-corrected chi connectivity index (χ0v) is 17.6. The quantitative estimate of drug-likeness (QED) is 0.363. The molecule has 4 nitrogen and oxygen atoms in total. The molecule has 6 heteroatoms. The molecule has 3 aromatic carbocycles. The van der Waals surface area contributed by atoms with Gasteiger partial charge in [-0.15, -0.1) is 0 Å². The molecule has 0 heterocycles. The maximum absolute atomic E-state index is 12.7. The molecule has 0 unspecified atom stereocenters. The maximum atomic E-state index is 12.7. The molecular formula is C24H19Cl2N3O. The number of hydrogen-bond acceptors (Lipinski definition) is 3. The summed E-state index contributed by atoms with van der Waals surface area (Å²) in [4.78, 5) is 14.6. The molecule has 30 heavy (non-hydrogen) atoms. The Kier molecular flexibility index (Phi) is 7.51. The fourth-order valence-corrected chi connectivity index (χ4v) is 3.17. The summed E-state index contributed by atoms with van der Waals surface area (Å²) >= 11 is 11.9. The Morgan fingerprint density at radius 3 is 1.97 bits per heavy atom. The van der Waals surface area contributed by atoms with E-state index in [0.717, 1.165) is 11.1 Å². The minimum Gasteiger partial charge on any atom is -0.367 e. The molecule has 0 aliphatic rings. The maximum Gasteiger partial charge on any atom is 0.267 e. The number of nitriles is 1. The van der Waals surface area contributed by atoms with Crippen LogP contribution in [0.1, 0.15) is 11.1 Å². The lowest BCUT2D eigenvalue weighted by Crippen LogP contribution is -2.21. The average molecular weight is 436 g/mol. The molecule has 0 fully saturated rings. The molecule has 1 N–H and O–H groups in total. The fraction of sp³-hybridized carbons (Fsp3) is 0.0833. The van der Waals surface area contributed by atoms with E-state index in [1.54, 1.807) is 24.4 Å². The van der Waals surface area contributed by atoms with Gasteiger partial charge in [0, 0.05) is 25.0 Å². The Morgan fingerprint density at radius 2 is 1.47 bits per heavy atom. The van der Waals surface area contributed by atoms with Crippen LogP contribution in [0.15, 0.2) is 90.6 Å². The van der Waals surface area contributed by atoms with Gasteiger partial charge in [0.15, 0.2) is 0 Å². The molecule has 0 aliphatic heterocycles. The number of hydrogen-bond donors (Lipinski definition) is 1. The molecular weight excluding hydrogens is 417 g/mol. The predicted molar refractivity (Wildman–Crippen MR) is 121 cm³/mol. The van der Waals surface area contributed by atoms with Gasteiger partial charge < -0.3 is 10.2 Å². The zero-order chi connectivity index (χ0) is 21.3. The number of rotatable bonds is 7. The van der Waals surface area contributed by atoms with Crippen LogP contribution in [0.2, 0.25) is 10.0 Å². The van der Waals surface area contributed by atoms with Crippen LogP contribution in [0, 0.1) is 11.3 Å². The highest BCUT2D eigenvalue weighted by molar-refractivity contribution is 6.42. The largest absolute Gasteiger partial charge is 0.367 e. The third-order valence-electron chi connectivity index (χ3n) is 4.31. The van der Waals surface area contributed by atoms with Crippen molar-refractivity contribution in [2.45, 2.75) is 13.1 Å². The smallest absolute Gasteiger partial charge is 0.267 e. The first-order valence-electron chi connectivity index (χ1n) is 9.25. The fourth-order valence-electron chi connectivity index (χ4n) is 2.88. The number of nitrogens with one attached hydrogen (secondary N) is 1. The van der Waals surface area contributed by atoms with Crippen LogP contribution in [0.5, 0.6) is 0 Å². The van der Waals surface area contributed by atoms with Gasteiger partial charge in [-0.1, -0.05) is 83.9 Å². The Balaban J connectivity index is 1.83. The van der Waals surface area contributed by atoms with Gasteiger partial charge in [0.1, 0.15) is 11.6 Å². The lowest BCUT2D eigenvalue weighted by molar-refractivity contribution is -0.112. The number of carbonyl (C=O) groups excluding carboxylic acids is 1. The summed E-state index contributed by atoms with van der Waals surface area (Å²) in [6.45, 7) is 1.11. The van der Waals surface area contributed by atoms with E-state index in [4.69, 9.17) is 23.2 Å². The van der Waals surface area contributed by atoms with E-state index in [2.05, 4.69) is 5.32 Å². The van der Waals surface area contributed by atoms with Gasteiger partial charge in [-0.2, -0.15) is 5.26 Å². The molecule has 0 saturated carbocycles. The van der Waals surface area contributed by atoms with Crippen LogP contribution in [-0.2, 0) is 17.9 Å². The van der Waals surface area contributed by atoms with E-state index >= 15 is 0 Å². The van der Waals surface area contributed by atoms with Gasteiger partial charge >= 0.3 is 0 Å². The van der Waals surface area contributed by atoms with Crippen LogP contribution in [-0.4, -0.2) is 10.8 Å². The van der Waals surface area contributed by atoms with E-state index in [9.17, 15) is 10.1 Å². The van der Waals surface area contributed by atoms with Crippen molar-refractivity contribution in [3.8, 4) is 6.07 Å². The Hall–Kier alpha value is -3.26. The molecule has 0 atom stereocenters. The summed E-state index contributed by atoms with van der Waals surface area (Å²) in [6.07, 6.45) is 1.59. The Labute approximate surface area is 186 Å². The van der Waals surface area contributed by atoms with Crippen LogP contribution in [0.3, 0.4) is 0 Å². The van der Waals surface area contributed by atoms with Crippen molar-refractivity contribution >= 4 is 34.8 Å². The van der Waals surface area contributed by atoms with Gasteiger partial charge in [-0.05, 0) is 29.3 Å². The summed E-state index contributed by atoms with van der Waals surface area (Å²) in [6, 6.07) is 26.5. The van der Waals surface area contributed by atoms with Gasteiger partial charge in [0.2, 0.25) is 0 Å². The summed E-state index contributed by atoms with van der Waals surface area (Å²) < 4.78 is 0. The third-order valence-corrected chi connectivity index (χ3v) is 5.05. The van der Waals surface area contributed by atoms with Gasteiger partial charge in [-0.25, -0.2) is 0 Å². The topological polar surface area (TPSA) is 56.1 Å². The molecule has 0 saturated heterocycles. The second-order valence-electron chi connectivity index (χ2n) is 6.61. The number of anilines is 1. The number of carbonyl (C=O) groups is 1. The highest BCUT2D eigenvalue weighted by Gasteiger charge is 2.13. The molecule has 0 spiro atoms. The molecule has 0 radical (unpaired) electrons. The van der Waals surface area contributed by atoms with Gasteiger partial charge in [0.25, 0.3) is 5.91 Å². The minimum absolute atomic E-state index is 0.00654. The number of halogens is 2. The van der Waals surface area contributed by atoms with Crippen molar-refractivity contribution in [3.05, 3.63) is 112 Å². The lowest BCUT2D eigenvalue weighted by atomic mass is 10.1. The van der Waals surface area contributed by atoms with Crippen molar-refractivity contribution in [2.75, 3.05) is 5.32 Å². The monoisotopic (exact) mass is 435 g/mol. The van der Waals surface area contributed by atoms with E-state index < -0.39 is 5.91 Å². The van der Waals surface area contributed by atoms with E-state index in [0.29, 0.717) is 28.8 Å². The van der Waals surface area contributed by atoms with Crippen molar-refractivity contribution in [2.24, 2.45) is 0 Å². The summed E-state index contributed by atoms with van der Waals surface area (Å²) in [5, 5.41) is 13.0. The van der Waals surface area contributed by atoms with Crippen molar-refractivity contribution in [1.82, 2.24) is 4.90 Å². The van der Waals surface area contributed by atoms with Crippen molar-refractivity contribution < 1.29 is 4.79 Å². The van der Waals surface area contributed by atoms with Crippen molar-refractivity contribution in [1.29, 1.82) is 5.26 Å². The normalized spacial score (nSPS) is 10.9. The summed E-state index contributed by atoms with van der Waals surface area (Å²) in [5.74, 6) is -0.512. The molecule has 0 aliphatic carbocycles. The number of nitrogens with zero attached hydrogens (tertiary/aromatic N) is 2. The second kappa shape index (κ2) is 10.5. The van der Waals surface area contributed by atoms with Crippen LogP contribution < -0.4 is 5.32 Å². The summed E-state index contributed by atoms with van der Waals surface area (Å²) in [7, 11) is 0. The number of amides is 1. The molecule has 0 bridgehead atoms. The highest BCUT2D eigenvalue weighted by Crippen LogP contribution is 2.25. The lowest BCUT2D eigenvalue weighted by Gasteiger charge is -2.21. The minimum atomic E-state index is -0.512. The molecule has 3 aromatic rings. The van der Waals surface area contributed by atoms with Crippen molar-refractivity contribution in [3.63, 3.8) is 0 Å². The average Bonchev–Trinajstić information content (AvgIpc) is 2.76. The molecule has 0 aromatic heterocycles. The Bertz CT molecular complexity index is 1040. The third kappa shape index (κ3) is 6.12. The van der Waals surface area contributed by atoms with Gasteiger partial charge in [-0.3, -0.25) is 4.79 Å². The van der Waals surface area contributed by atoms with Gasteiger partial charge in [0.05, 0.1) is 10.0 Å². The second-order valence-corrected chi connectivity index (χ2v) is 7.43. The Morgan fingerprint density at radius 1 is 0.900 bits per heavy atom. The SMILES string of the molecule is N#C/C(=C/N(Cc1ccccc1)Cc1ccccc1)C(=O)Nc1ccc(Cl)c(Cl)c1. The molecule has 1 amide bonds.